The molecule has 8 heteroatoms. The van der Waals surface area contributed by atoms with Gasteiger partial charge in [0.2, 0.25) is 5.95 Å². The summed E-state index contributed by atoms with van der Waals surface area (Å²) in [5.74, 6) is 0.833. The van der Waals surface area contributed by atoms with Crippen molar-refractivity contribution in [2.24, 2.45) is 0 Å². The molecule has 0 radical (unpaired) electrons. The average Bonchev–Trinajstić information content (AvgIpc) is 2.80. The summed E-state index contributed by atoms with van der Waals surface area (Å²) in [5, 5.41) is 7.39. The van der Waals surface area contributed by atoms with Crippen LogP contribution >= 0.6 is 0 Å². The first-order chi connectivity index (χ1) is 14.8. The molecule has 0 aliphatic carbocycles. The Labute approximate surface area is 174 Å². The van der Waals surface area contributed by atoms with E-state index in [2.05, 4.69) is 42.6 Å². The number of fused-ring (bicyclic) bond motifs is 1. The molecule has 0 amide bonds. The van der Waals surface area contributed by atoms with Crippen molar-refractivity contribution in [1.29, 1.82) is 0 Å². The van der Waals surface area contributed by atoms with E-state index in [1.165, 1.54) is 5.69 Å². The molecule has 0 bridgehead atoms. The van der Waals surface area contributed by atoms with Crippen molar-refractivity contribution < 1.29 is 0 Å². The number of nitrogens with two attached hydrogens (primary N) is 1. The topological polar surface area (TPSA) is 105 Å². The fraction of sp³-hybridized carbons (Fsp3) is 0.182. The van der Waals surface area contributed by atoms with Crippen molar-refractivity contribution in [3.63, 3.8) is 0 Å². The Balaban J connectivity index is 1.46. The lowest BCUT2D eigenvalue weighted by atomic mass is 10.1. The highest BCUT2D eigenvalue weighted by Crippen LogP contribution is 2.28. The van der Waals surface area contributed by atoms with E-state index in [0.717, 1.165) is 42.9 Å². The number of aromatic nitrogens is 4. The minimum atomic E-state index is 0.402. The number of hydrogen-bond donors (Lipinski definition) is 3. The Morgan fingerprint density at radius 1 is 0.900 bits per heavy atom. The van der Waals surface area contributed by atoms with Gasteiger partial charge in [-0.05, 0) is 42.5 Å². The third kappa shape index (κ3) is 3.60. The van der Waals surface area contributed by atoms with Gasteiger partial charge in [-0.3, -0.25) is 9.97 Å². The van der Waals surface area contributed by atoms with Crippen LogP contribution in [0.5, 0.6) is 0 Å². The first-order valence-corrected chi connectivity index (χ1v) is 9.94. The second-order valence-corrected chi connectivity index (χ2v) is 7.11. The molecule has 4 N–H and O–H groups in total. The third-order valence-corrected chi connectivity index (χ3v) is 5.16. The summed E-state index contributed by atoms with van der Waals surface area (Å²) in [6, 6.07) is 15.8. The summed E-state index contributed by atoms with van der Waals surface area (Å²) in [4.78, 5) is 20.4. The molecular formula is C22H22N8. The number of hydrogen-bond acceptors (Lipinski definition) is 8. The standard InChI is InChI=1S/C22H22N8/c23-21-17-8-10-26-20(18-3-1-2-9-25-18)19(17)28-22(29-21)27-15-4-6-16(7-5-15)30-13-11-24-12-14-30/h1-10,24H,11-14H2,(H3,23,27,28,29). The molecule has 1 fully saturated rings. The van der Waals surface area contributed by atoms with Crippen molar-refractivity contribution in [2.45, 2.75) is 0 Å². The summed E-state index contributed by atoms with van der Waals surface area (Å²) in [5.41, 5.74) is 10.4. The summed E-state index contributed by atoms with van der Waals surface area (Å²) in [7, 11) is 0. The molecule has 4 aromatic rings. The van der Waals surface area contributed by atoms with Crippen molar-refractivity contribution in [3.8, 4) is 11.4 Å². The Morgan fingerprint density at radius 2 is 1.73 bits per heavy atom. The Hall–Kier alpha value is -3.78. The summed E-state index contributed by atoms with van der Waals surface area (Å²) in [6.45, 7) is 4.05. The molecule has 1 aliphatic heterocycles. The molecule has 4 heterocycles. The third-order valence-electron chi connectivity index (χ3n) is 5.16. The van der Waals surface area contributed by atoms with Crippen LogP contribution in [0.25, 0.3) is 22.3 Å². The number of nitrogen functional groups attached to an aromatic ring is 1. The molecule has 0 unspecified atom stereocenters. The van der Waals surface area contributed by atoms with Crippen LogP contribution in [0, 0.1) is 0 Å². The van der Waals surface area contributed by atoms with E-state index in [-0.39, 0.29) is 0 Å². The second-order valence-electron chi connectivity index (χ2n) is 7.11. The minimum Gasteiger partial charge on any atom is -0.383 e. The van der Waals surface area contributed by atoms with Gasteiger partial charge in [0.15, 0.2) is 0 Å². The first-order valence-electron chi connectivity index (χ1n) is 9.94. The lowest BCUT2D eigenvalue weighted by Crippen LogP contribution is -2.43. The van der Waals surface area contributed by atoms with Gasteiger partial charge >= 0.3 is 0 Å². The molecule has 0 atom stereocenters. The van der Waals surface area contributed by atoms with Crippen molar-refractivity contribution in [3.05, 3.63) is 60.9 Å². The van der Waals surface area contributed by atoms with Crippen LogP contribution in [0.1, 0.15) is 0 Å². The predicted octanol–water partition coefficient (Wildman–Crippen LogP) is 2.82. The SMILES string of the molecule is Nc1nc(Nc2ccc(N3CCNCC3)cc2)nc2c(-c3ccccn3)nccc12. The van der Waals surface area contributed by atoms with Crippen molar-refractivity contribution in [2.75, 3.05) is 42.1 Å². The monoisotopic (exact) mass is 398 g/mol. The lowest BCUT2D eigenvalue weighted by molar-refractivity contribution is 0.589. The summed E-state index contributed by atoms with van der Waals surface area (Å²) < 4.78 is 0. The van der Waals surface area contributed by atoms with Crippen LogP contribution in [-0.2, 0) is 0 Å². The van der Waals surface area contributed by atoms with E-state index in [0.29, 0.717) is 23.0 Å². The van der Waals surface area contributed by atoms with E-state index in [1.807, 2.05) is 36.4 Å². The van der Waals surface area contributed by atoms with Gasteiger partial charge in [0, 0.05) is 55.3 Å². The molecular weight excluding hydrogens is 376 g/mol. The molecule has 0 spiro atoms. The maximum atomic E-state index is 6.23. The zero-order valence-electron chi connectivity index (χ0n) is 16.4. The predicted molar refractivity (Wildman–Crippen MR) is 120 cm³/mol. The number of nitrogens with one attached hydrogen (secondary N) is 2. The van der Waals surface area contributed by atoms with E-state index < -0.39 is 0 Å². The zero-order chi connectivity index (χ0) is 20.3. The van der Waals surface area contributed by atoms with E-state index >= 15 is 0 Å². The van der Waals surface area contributed by atoms with E-state index in [1.54, 1.807) is 12.4 Å². The van der Waals surface area contributed by atoms with Crippen LogP contribution < -0.4 is 21.3 Å². The number of piperazine rings is 1. The maximum absolute atomic E-state index is 6.23. The van der Waals surface area contributed by atoms with E-state index in [4.69, 9.17) is 10.7 Å². The fourth-order valence-corrected chi connectivity index (χ4v) is 3.63. The second kappa shape index (κ2) is 7.92. The summed E-state index contributed by atoms with van der Waals surface area (Å²) in [6.07, 6.45) is 3.44. The Morgan fingerprint density at radius 3 is 2.50 bits per heavy atom. The van der Waals surface area contributed by atoms with Crippen LogP contribution in [0.15, 0.2) is 60.9 Å². The zero-order valence-corrected chi connectivity index (χ0v) is 16.4. The number of nitrogens with zero attached hydrogens (tertiary/aromatic N) is 5. The molecule has 0 saturated carbocycles. The average molecular weight is 398 g/mol. The van der Waals surface area contributed by atoms with Crippen molar-refractivity contribution >= 4 is 34.0 Å². The Bertz CT molecular complexity index is 1160. The number of anilines is 4. The summed E-state index contributed by atoms with van der Waals surface area (Å²) >= 11 is 0. The molecule has 3 aromatic heterocycles. The molecule has 1 saturated heterocycles. The highest BCUT2D eigenvalue weighted by molar-refractivity contribution is 5.97. The van der Waals surface area contributed by atoms with Crippen LogP contribution in [0.3, 0.4) is 0 Å². The van der Waals surface area contributed by atoms with Crippen LogP contribution in [0.4, 0.5) is 23.1 Å². The smallest absolute Gasteiger partial charge is 0.229 e. The molecule has 8 nitrogen and oxygen atoms in total. The largest absolute Gasteiger partial charge is 0.383 e. The van der Waals surface area contributed by atoms with Crippen LogP contribution in [0.2, 0.25) is 0 Å². The van der Waals surface area contributed by atoms with Gasteiger partial charge in [0.1, 0.15) is 17.0 Å². The highest BCUT2D eigenvalue weighted by Gasteiger charge is 2.13. The normalized spacial score (nSPS) is 14.1. The van der Waals surface area contributed by atoms with Gasteiger partial charge in [0.25, 0.3) is 0 Å². The number of pyridine rings is 2. The van der Waals surface area contributed by atoms with Gasteiger partial charge in [-0.15, -0.1) is 0 Å². The van der Waals surface area contributed by atoms with Gasteiger partial charge in [0.05, 0.1) is 5.69 Å². The highest BCUT2D eigenvalue weighted by atomic mass is 15.2. The molecule has 1 aromatic carbocycles. The number of rotatable bonds is 4. The van der Waals surface area contributed by atoms with Gasteiger partial charge in [-0.1, -0.05) is 6.07 Å². The first kappa shape index (κ1) is 18.3. The maximum Gasteiger partial charge on any atom is 0.229 e. The van der Waals surface area contributed by atoms with Crippen molar-refractivity contribution in [1.82, 2.24) is 25.3 Å². The Kier molecular flexibility index (Phi) is 4.82. The van der Waals surface area contributed by atoms with Gasteiger partial charge in [-0.2, -0.15) is 4.98 Å². The van der Waals surface area contributed by atoms with E-state index in [9.17, 15) is 0 Å². The quantitative estimate of drug-likeness (QED) is 0.482. The minimum absolute atomic E-state index is 0.402. The molecule has 150 valence electrons. The number of benzene rings is 1. The van der Waals surface area contributed by atoms with Gasteiger partial charge < -0.3 is 21.3 Å². The lowest BCUT2D eigenvalue weighted by Gasteiger charge is -2.29. The van der Waals surface area contributed by atoms with Gasteiger partial charge in [-0.25, -0.2) is 4.98 Å². The molecule has 1 aliphatic rings. The molecule has 30 heavy (non-hydrogen) atoms. The molecule has 5 rings (SSSR count). The fourth-order valence-electron chi connectivity index (χ4n) is 3.63. The van der Waals surface area contributed by atoms with Crippen LogP contribution in [-0.4, -0.2) is 46.1 Å².